The van der Waals surface area contributed by atoms with Crippen LogP contribution >= 0.6 is 11.6 Å². The summed E-state index contributed by atoms with van der Waals surface area (Å²) >= 11 is 6.04. The summed E-state index contributed by atoms with van der Waals surface area (Å²) in [4.78, 5) is 18.0. The Morgan fingerprint density at radius 1 is 0.968 bits per heavy atom. The van der Waals surface area contributed by atoms with Gasteiger partial charge in [0.2, 0.25) is 0 Å². The number of carbonyl (C=O) groups excluding carboxylic acids is 1. The maximum absolute atomic E-state index is 13.3. The van der Waals surface area contributed by atoms with Crippen molar-refractivity contribution >= 4 is 39.0 Å². The molecule has 2 amide bonds. The molecular formula is C20H13ClF3N3O3S. The molecular weight excluding hydrogens is 455 g/mol. The van der Waals surface area contributed by atoms with Crippen LogP contribution in [0.5, 0.6) is 0 Å². The van der Waals surface area contributed by atoms with Gasteiger partial charge in [-0.25, -0.2) is 18.2 Å². The number of pyridine rings is 1. The number of carbonyl (C=O) groups is 1. The molecule has 0 aliphatic carbocycles. The number of fused-ring (bicyclic) bond motifs is 1. The predicted molar refractivity (Wildman–Crippen MR) is 108 cm³/mol. The van der Waals surface area contributed by atoms with E-state index < -0.39 is 27.8 Å². The van der Waals surface area contributed by atoms with Gasteiger partial charge in [0.1, 0.15) is 4.90 Å². The number of amides is 2. The molecule has 11 heteroatoms. The first-order chi connectivity index (χ1) is 14.6. The van der Waals surface area contributed by atoms with E-state index in [0.29, 0.717) is 4.31 Å². The molecule has 0 atom stereocenters. The molecule has 1 aromatic heterocycles. The molecule has 160 valence electrons. The number of hydrogen-bond acceptors (Lipinski definition) is 4. The fraction of sp³-hybridized carbons (Fsp3) is 0.100. The van der Waals surface area contributed by atoms with Gasteiger partial charge in [-0.1, -0.05) is 35.9 Å². The minimum Gasteiger partial charge on any atom is -0.287 e. The van der Waals surface area contributed by atoms with E-state index in [4.69, 9.17) is 11.6 Å². The van der Waals surface area contributed by atoms with Crippen LogP contribution in [0.25, 0.3) is 0 Å². The molecule has 0 saturated carbocycles. The number of halogens is 4. The molecule has 2 heterocycles. The van der Waals surface area contributed by atoms with Crippen LogP contribution < -0.4 is 9.21 Å². The number of sulfonamides is 1. The third-order valence-electron chi connectivity index (χ3n) is 4.63. The van der Waals surface area contributed by atoms with Gasteiger partial charge < -0.3 is 0 Å². The Morgan fingerprint density at radius 3 is 2.39 bits per heavy atom. The third kappa shape index (κ3) is 3.72. The fourth-order valence-electron chi connectivity index (χ4n) is 3.26. The summed E-state index contributed by atoms with van der Waals surface area (Å²) in [7, 11) is -4.33. The Hall–Kier alpha value is -3.11. The molecule has 0 unspecified atom stereocenters. The molecule has 31 heavy (non-hydrogen) atoms. The molecule has 0 saturated heterocycles. The quantitative estimate of drug-likeness (QED) is 0.503. The first-order valence-electron chi connectivity index (χ1n) is 8.83. The number of anilines is 2. The first-order valence-corrected chi connectivity index (χ1v) is 10.6. The monoisotopic (exact) mass is 467 g/mol. The van der Waals surface area contributed by atoms with E-state index in [-0.39, 0.29) is 33.5 Å². The molecule has 1 aliphatic heterocycles. The SMILES string of the molecule is O=C1N(Cc2cccc(C(F)(F)F)c2)c2ccccc2S(=O)(=O)N1c1cccnc1Cl. The Labute approximate surface area is 180 Å². The highest BCUT2D eigenvalue weighted by atomic mass is 35.5. The average Bonchev–Trinajstić information content (AvgIpc) is 2.72. The third-order valence-corrected chi connectivity index (χ3v) is 6.66. The first kappa shape index (κ1) is 21.1. The zero-order chi connectivity index (χ0) is 22.4. The van der Waals surface area contributed by atoms with E-state index in [1.54, 1.807) is 0 Å². The van der Waals surface area contributed by atoms with Gasteiger partial charge in [-0.05, 0) is 42.0 Å². The second-order valence-corrected chi connectivity index (χ2v) is 8.73. The van der Waals surface area contributed by atoms with Crippen LogP contribution in [-0.2, 0) is 22.7 Å². The molecule has 0 fully saturated rings. The number of urea groups is 1. The summed E-state index contributed by atoms with van der Waals surface area (Å²) in [5.74, 6) is 0. The standard InChI is InChI=1S/C20H13ClF3N3O3S/c21-18-16(8-4-10-25-18)27-19(28)26(15-7-1-2-9-17(15)31(27,29)30)12-13-5-3-6-14(11-13)20(22,23)24/h1-11H,12H2. The average molecular weight is 468 g/mol. The van der Waals surface area contributed by atoms with Crippen molar-refractivity contribution < 1.29 is 26.4 Å². The maximum Gasteiger partial charge on any atom is 0.416 e. The van der Waals surface area contributed by atoms with E-state index in [1.165, 1.54) is 54.7 Å². The number of nitrogens with zero attached hydrogens (tertiary/aromatic N) is 3. The number of benzene rings is 2. The van der Waals surface area contributed by atoms with Crippen molar-refractivity contribution in [2.45, 2.75) is 17.6 Å². The molecule has 0 N–H and O–H groups in total. The summed E-state index contributed by atoms with van der Waals surface area (Å²) in [6, 6.07) is 12.0. The summed E-state index contributed by atoms with van der Waals surface area (Å²) in [6.07, 6.45) is -3.22. The van der Waals surface area contributed by atoms with Crippen LogP contribution in [0.4, 0.5) is 29.3 Å². The molecule has 0 spiro atoms. The van der Waals surface area contributed by atoms with Crippen LogP contribution in [0, 0.1) is 0 Å². The van der Waals surface area contributed by atoms with Crippen LogP contribution in [0.1, 0.15) is 11.1 Å². The zero-order valence-corrected chi connectivity index (χ0v) is 17.1. The van der Waals surface area contributed by atoms with Crippen molar-refractivity contribution in [2.24, 2.45) is 0 Å². The second-order valence-electron chi connectivity index (χ2n) is 6.62. The Balaban J connectivity index is 1.85. The van der Waals surface area contributed by atoms with Crippen molar-refractivity contribution in [1.82, 2.24) is 4.98 Å². The van der Waals surface area contributed by atoms with E-state index in [9.17, 15) is 26.4 Å². The zero-order valence-electron chi connectivity index (χ0n) is 15.5. The molecule has 0 bridgehead atoms. The van der Waals surface area contributed by atoms with E-state index >= 15 is 0 Å². The van der Waals surface area contributed by atoms with Crippen LogP contribution in [0.15, 0.2) is 71.8 Å². The lowest BCUT2D eigenvalue weighted by molar-refractivity contribution is -0.137. The minimum absolute atomic E-state index is 0.0566. The number of hydrogen-bond donors (Lipinski definition) is 0. The van der Waals surface area contributed by atoms with Gasteiger partial charge in [-0.3, -0.25) is 4.90 Å². The molecule has 0 radical (unpaired) electrons. The molecule has 3 aromatic rings. The van der Waals surface area contributed by atoms with E-state index in [0.717, 1.165) is 17.0 Å². The Bertz CT molecular complexity index is 1280. The number of aromatic nitrogens is 1. The predicted octanol–water partition coefficient (Wildman–Crippen LogP) is 5.09. The number of alkyl halides is 3. The normalized spacial score (nSPS) is 15.7. The highest BCUT2D eigenvalue weighted by molar-refractivity contribution is 7.94. The van der Waals surface area contributed by atoms with Crippen molar-refractivity contribution in [1.29, 1.82) is 0 Å². The lowest BCUT2D eigenvalue weighted by Gasteiger charge is -2.36. The second kappa shape index (κ2) is 7.54. The fourth-order valence-corrected chi connectivity index (χ4v) is 5.11. The highest BCUT2D eigenvalue weighted by Gasteiger charge is 2.43. The van der Waals surface area contributed by atoms with Gasteiger partial charge in [0.25, 0.3) is 10.0 Å². The van der Waals surface area contributed by atoms with Crippen molar-refractivity contribution in [2.75, 3.05) is 9.21 Å². The number of rotatable bonds is 3. The summed E-state index contributed by atoms with van der Waals surface area (Å²) in [5.41, 5.74) is -0.795. The summed E-state index contributed by atoms with van der Waals surface area (Å²) in [5, 5.41) is -0.210. The highest BCUT2D eigenvalue weighted by Crippen LogP contribution is 2.40. The van der Waals surface area contributed by atoms with Crippen LogP contribution in [0.2, 0.25) is 5.15 Å². The van der Waals surface area contributed by atoms with E-state index in [2.05, 4.69) is 4.98 Å². The molecule has 2 aromatic carbocycles. The van der Waals surface area contributed by atoms with Gasteiger partial charge in [-0.2, -0.15) is 17.5 Å². The maximum atomic E-state index is 13.3. The van der Waals surface area contributed by atoms with Gasteiger partial charge in [0.15, 0.2) is 5.15 Å². The van der Waals surface area contributed by atoms with Crippen LogP contribution in [-0.4, -0.2) is 19.4 Å². The van der Waals surface area contributed by atoms with Gasteiger partial charge >= 0.3 is 12.2 Å². The lowest BCUT2D eigenvalue weighted by atomic mass is 10.1. The largest absolute Gasteiger partial charge is 0.416 e. The van der Waals surface area contributed by atoms with Crippen molar-refractivity contribution in [3.05, 3.63) is 83.1 Å². The van der Waals surface area contributed by atoms with Gasteiger partial charge in [-0.15, -0.1) is 0 Å². The van der Waals surface area contributed by atoms with Crippen LogP contribution in [0.3, 0.4) is 0 Å². The minimum atomic E-state index is -4.56. The Morgan fingerprint density at radius 2 is 1.68 bits per heavy atom. The van der Waals surface area contributed by atoms with Gasteiger partial charge in [0, 0.05) is 6.20 Å². The molecule has 1 aliphatic rings. The smallest absolute Gasteiger partial charge is 0.287 e. The molecule has 6 nitrogen and oxygen atoms in total. The van der Waals surface area contributed by atoms with Gasteiger partial charge in [0.05, 0.1) is 23.5 Å². The number of para-hydroxylation sites is 1. The summed E-state index contributed by atoms with van der Waals surface area (Å²) < 4.78 is 66.2. The van der Waals surface area contributed by atoms with Crippen molar-refractivity contribution in [3.8, 4) is 0 Å². The molecule has 4 rings (SSSR count). The summed E-state index contributed by atoms with van der Waals surface area (Å²) in [6.45, 7) is -0.288. The van der Waals surface area contributed by atoms with Crippen molar-refractivity contribution in [3.63, 3.8) is 0 Å². The van der Waals surface area contributed by atoms with E-state index in [1.807, 2.05) is 0 Å². The Kier molecular flexibility index (Phi) is 5.14. The topological polar surface area (TPSA) is 70.6 Å². The lowest BCUT2D eigenvalue weighted by Crippen LogP contribution is -2.50.